The highest BCUT2D eigenvalue weighted by molar-refractivity contribution is 5.72. The second kappa shape index (κ2) is 12.6. The van der Waals surface area contributed by atoms with Crippen molar-refractivity contribution in [2.75, 3.05) is 19.8 Å². The molecule has 1 N–H and O–H groups in total. The van der Waals surface area contributed by atoms with Crippen LogP contribution in [0.2, 0.25) is 0 Å². The average Bonchev–Trinajstić information content (AvgIpc) is 2.95. The van der Waals surface area contributed by atoms with Gasteiger partial charge in [0, 0.05) is 18.5 Å². The number of piperidine rings is 1. The summed E-state index contributed by atoms with van der Waals surface area (Å²) in [6.07, 6.45) is 6.12. The number of carbonyl (C=O) groups excluding carboxylic acids is 2. The van der Waals surface area contributed by atoms with Gasteiger partial charge in [0.05, 0.1) is 30.9 Å². The van der Waals surface area contributed by atoms with Crippen molar-refractivity contribution in [2.24, 2.45) is 0 Å². The summed E-state index contributed by atoms with van der Waals surface area (Å²) in [4.78, 5) is 27.3. The molecule has 41 heavy (non-hydrogen) atoms. The number of allylic oxidation sites excluding steroid dienone is 1. The molecule has 220 valence electrons. The van der Waals surface area contributed by atoms with Crippen LogP contribution < -0.4 is 10.1 Å². The van der Waals surface area contributed by atoms with Crippen molar-refractivity contribution in [3.63, 3.8) is 0 Å². The fourth-order valence-corrected chi connectivity index (χ4v) is 6.07. The summed E-state index contributed by atoms with van der Waals surface area (Å²) in [5, 5.41) is 3.06. The first-order valence-corrected chi connectivity index (χ1v) is 14.7. The highest BCUT2D eigenvalue weighted by atomic mass is 16.6. The number of alkyl carbamates (subject to hydrolysis) is 1. The third-order valence-electron chi connectivity index (χ3n) is 8.12. The summed E-state index contributed by atoms with van der Waals surface area (Å²) in [5.41, 5.74) is 2.31. The van der Waals surface area contributed by atoms with Gasteiger partial charge in [0.25, 0.3) is 0 Å². The molecule has 0 bridgehead atoms. The van der Waals surface area contributed by atoms with Gasteiger partial charge in [-0.05, 0) is 70.1 Å². The Morgan fingerprint density at radius 2 is 1.88 bits per heavy atom. The predicted molar refractivity (Wildman–Crippen MR) is 157 cm³/mol. The molecule has 1 spiro atoms. The molecule has 1 aliphatic carbocycles. The molecule has 0 aromatic heterocycles. The van der Waals surface area contributed by atoms with E-state index in [1.165, 1.54) is 5.57 Å². The Kier molecular flexibility index (Phi) is 8.88. The standard InChI is InChI=1S/C33H42N2O6/c1-32(2,3)41-31(37)35-20-9-18-33(19-21-38-30(36)34-33)29(35)23-39-26-16-14-25(15-17-26)27-12-7-8-13-28(27)40-22-24-10-5-4-6-11-24/h4-8,10-14,26,29H,9,15-23H2,1-3H3,(H,34,36)/t26?,29-,33+/m0/s1. The molecule has 2 saturated heterocycles. The van der Waals surface area contributed by atoms with Crippen LogP contribution in [0.1, 0.15) is 70.4 Å². The predicted octanol–water partition coefficient (Wildman–Crippen LogP) is 6.49. The number of nitrogens with zero attached hydrogens (tertiary/aromatic N) is 1. The second-order valence-corrected chi connectivity index (χ2v) is 12.2. The number of hydrogen-bond donors (Lipinski definition) is 1. The Balaban J connectivity index is 1.25. The molecule has 2 fully saturated rings. The summed E-state index contributed by atoms with van der Waals surface area (Å²) in [7, 11) is 0. The zero-order valence-corrected chi connectivity index (χ0v) is 24.4. The first-order valence-electron chi connectivity index (χ1n) is 14.7. The third kappa shape index (κ3) is 7.22. The van der Waals surface area contributed by atoms with Crippen LogP contribution in [-0.4, -0.2) is 60.1 Å². The van der Waals surface area contributed by atoms with Gasteiger partial charge < -0.3 is 29.2 Å². The third-order valence-corrected chi connectivity index (χ3v) is 8.12. The van der Waals surface area contributed by atoms with E-state index in [2.05, 4.69) is 29.6 Å². The number of rotatable bonds is 7. The minimum absolute atomic E-state index is 0.0196. The zero-order valence-electron chi connectivity index (χ0n) is 24.4. The number of para-hydroxylation sites is 1. The Hall–Kier alpha value is -3.52. The monoisotopic (exact) mass is 562 g/mol. The maximum atomic E-state index is 13.2. The van der Waals surface area contributed by atoms with Gasteiger partial charge in [0.15, 0.2) is 0 Å². The number of amides is 2. The van der Waals surface area contributed by atoms with Crippen molar-refractivity contribution < 1.29 is 28.5 Å². The van der Waals surface area contributed by atoms with Gasteiger partial charge in [-0.1, -0.05) is 54.6 Å². The summed E-state index contributed by atoms with van der Waals surface area (Å²) in [6.45, 7) is 7.33. The Morgan fingerprint density at radius 3 is 2.61 bits per heavy atom. The van der Waals surface area contributed by atoms with Crippen molar-refractivity contribution in [1.29, 1.82) is 0 Å². The molecule has 0 saturated carbocycles. The van der Waals surface area contributed by atoms with Crippen molar-refractivity contribution >= 4 is 17.8 Å². The molecule has 8 heteroatoms. The number of benzene rings is 2. The lowest BCUT2D eigenvalue weighted by molar-refractivity contribution is -0.0650. The van der Waals surface area contributed by atoms with Gasteiger partial charge in [0.2, 0.25) is 0 Å². The van der Waals surface area contributed by atoms with Crippen LogP contribution in [0.5, 0.6) is 5.75 Å². The van der Waals surface area contributed by atoms with Gasteiger partial charge in [-0.3, -0.25) is 0 Å². The minimum atomic E-state index is -0.613. The van der Waals surface area contributed by atoms with E-state index in [0.717, 1.165) is 49.0 Å². The van der Waals surface area contributed by atoms with Crippen molar-refractivity contribution in [1.82, 2.24) is 10.2 Å². The van der Waals surface area contributed by atoms with Crippen molar-refractivity contribution in [2.45, 2.75) is 89.2 Å². The number of likely N-dealkylation sites (tertiary alicyclic amines) is 1. The minimum Gasteiger partial charge on any atom is -0.488 e. The van der Waals surface area contributed by atoms with Crippen LogP contribution in [0.3, 0.4) is 0 Å². The molecule has 0 radical (unpaired) electrons. The SMILES string of the molecule is CC(C)(C)OC(=O)N1CCC[C@@]2(CCOC(=O)N2)[C@@H]1COC1CC=C(c2ccccc2OCc2ccccc2)CC1. The van der Waals surface area contributed by atoms with Gasteiger partial charge in [-0.2, -0.15) is 0 Å². The van der Waals surface area contributed by atoms with Crippen LogP contribution >= 0.6 is 0 Å². The molecule has 2 amide bonds. The molecular formula is C33H42N2O6. The lowest BCUT2D eigenvalue weighted by Gasteiger charge is -2.51. The van der Waals surface area contributed by atoms with E-state index in [-0.39, 0.29) is 18.2 Å². The zero-order chi connectivity index (χ0) is 28.9. The largest absolute Gasteiger partial charge is 0.488 e. The van der Waals surface area contributed by atoms with Gasteiger partial charge in [0.1, 0.15) is 18.0 Å². The molecule has 2 aromatic rings. The van der Waals surface area contributed by atoms with E-state index in [1.54, 1.807) is 4.90 Å². The fourth-order valence-electron chi connectivity index (χ4n) is 6.07. The lowest BCUT2D eigenvalue weighted by atomic mass is 9.78. The molecular weight excluding hydrogens is 520 g/mol. The molecule has 2 aliphatic heterocycles. The number of nitrogens with one attached hydrogen (secondary N) is 1. The number of cyclic esters (lactones) is 1. The van der Waals surface area contributed by atoms with Crippen LogP contribution in [0, 0.1) is 0 Å². The smallest absolute Gasteiger partial charge is 0.410 e. The van der Waals surface area contributed by atoms with E-state index in [9.17, 15) is 9.59 Å². The van der Waals surface area contributed by atoms with Crippen LogP contribution in [0.4, 0.5) is 9.59 Å². The Labute approximate surface area is 243 Å². The molecule has 8 nitrogen and oxygen atoms in total. The first kappa shape index (κ1) is 29.0. The maximum absolute atomic E-state index is 13.2. The van der Waals surface area contributed by atoms with E-state index in [0.29, 0.717) is 32.8 Å². The first-order chi connectivity index (χ1) is 19.7. The lowest BCUT2D eigenvalue weighted by Crippen LogP contribution is -2.70. The summed E-state index contributed by atoms with van der Waals surface area (Å²) < 4.78 is 23.6. The maximum Gasteiger partial charge on any atom is 0.410 e. The second-order valence-electron chi connectivity index (χ2n) is 12.2. The quantitative estimate of drug-likeness (QED) is 0.415. The summed E-state index contributed by atoms with van der Waals surface area (Å²) in [5.74, 6) is 0.884. The van der Waals surface area contributed by atoms with Crippen LogP contribution in [-0.2, 0) is 20.8 Å². The van der Waals surface area contributed by atoms with E-state index >= 15 is 0 Å². The Bertz CT molecular complexity index is 1240. The molecule has 3 aliphatic rings. The van der Waals surface area contributed by atoms with Crippen LogP contribution in [0.15, 0.2) is 60.7 Å². The van der Waals surface area contributed by atoms with Crippen molar-refractivity contribution in [3.8, 4) is 5.75 Å². The highest BCUT2D eigenvalue weighted by Gasteiger charge is 2.50. The normalized spacial score (nSPS) is 24.7. The molecule has 2 heterocycles. The molecule has 5 rings (SSSR count). The fraction of sp³-hybridized carbons (Fsp3) is 0.515. The van der Waals surface area contributed by atoms with E-state index in [4.69, 9.17) is 18.9 Å². The summed E-state index contributed by atoms with van der Waals surface area (Å²) >= 11 is 0. The van der Waals surface area contributed by atoms with Crippen molar-refractivity contribution in [3.05, 3.63) is 71.8 Å². The van der Waals surface area contributed by atoms with Gasteiger partial charge in [-0.25, -0.2) is 9.59 Å². The topological polar surface area (TPSA) is 86.3 Å². The van der Waals surface area contributed by atoms with Crippen LogP contribution in [0.25, 0.3) is 5.57 Å². The van der Waals surface area contributed by atoms with Gasteiger partial charge in [-0.15, -0.1) is 0 Å². The average molecular weight is 563 g/mol. The highest BCUT2D eigenvalue weighted by Crippen LogP contribution is 2.37. The number of hydrogen-bond acceptors (Lipinski definition) is 6. The molecule has 3 atom stereocenters. The molecule has 1 unspecified atom stereocenters. The Morgan fingerprint density at radius 1 is 1.10 bits per heavy atom. The number of ether oxygens (including phenoxy) is 4. The van der Waals surface area contributed by atoms with Gasteiger partial charge >= 0.3 is 12.2 Å². The number of carbonyl (C=O) groups is 2. The van der Waals surface area contributed by atoms with E-state index in [1.807, 2.05) is 57.2 Å². The summed E-state index contributed by atoms with van der Waals surface area (Å²) in [6, 6.07) is 18.0. The van der Waals surface area contributed by atoms with E-state index < -0.39 is 17.2 Å². The molecule has 2 aromatic carbocycles.